The molecule has 4 atom stereocenters. The van der Waals surface area contributed by atoms with Gasteiger partial charge in [0.2, 0.25) is 15.9 Å². The highest BCUT2D eigenvalue weighted by molar-refractivity contribution is 7.88. The number of halogens is 2. The molecule has 160 valence electrons. The third-order valence-corrected chi connectivity index (χ3v) is 6.71. The summed E-state index contributed by atoms with van der Waals surface area (Å²) in [6, 6.07) is 10.7. The maximum atomic E-state index is 14.4. The van der Waals surface area contributed by atoms with Crippen molar-refractivity contribution in [1.29, 1.82) is 0 Å². The lowest BCUT2D eigenvalue weighted by Crippen LogP contribution is -2.61. The van der Waals surface area contributed by atoms with Crippen LogP contribution in [0.4, 0.5) is 8.78 Å². The molecule has 4 rings (SSSR count). The first-order chi connectivity index (χ1) is 14.2. The summed E-state index contributed by atoms with van der Waals surface area (Å²) in [6.07, 6.45) is 2.45. The Morgan fingerprint density at radius 1 is 1.10 bits per heavy atom. The zero-order chi connectivity index (χ0) is 21.6. The van der Waals surface area contributed by atoms with Crippen molar-refractivity contribution in [3.05, 3.63) is 59.7 Å². The molecule has 1 aliphatic carbocycles. The number of carbonyl (C=O) groups excluding carboxylic acids is 1. The van der Waals surface area contributed by atoms with Crippen LogP contribution in [0.3, 0.4) is 0 Å². The molecule has 1 saturated carbocycles. The highest BCUT2D eigenvalue weighted by Gasteiger charge is 2.51. The minimum atomic E-state index is -3.32. The highest BCUT2D eigenvalue weighted by atomic mass is 32.2. The van der Waals surface area contributed by atoms with E-state index in [0.717, 1.165) is 18.2 Å². The molecule has 0 unspecified atom stereocenters. The van der Waals surface area contributed by atoms with Crippen molar-refractivity contribution >= 4 is 15.9 Å². The van der Waals surface area contributed by atoms with Crippen LogP contribution in [0.25, 0.3) is 11.1 Å². The van der Waals surface area contributed by atoms with Gasteiger partial charge in [-0.25, -0.2) is 21.9 Å². The molecule has 8 heteroatoms. The van der Waals surface area contributed by atoms with E-state index in [-0.39, 0.29) is 41.9 Å². The highest BCUT2D eigenvalue weighted by Crippen LogP contribution is 2.52. The number of sulfonamides is 1. The van der Waals surface area contributed by atoms with Crippen molar-refractivity contribution in [2.75, 3.05) is 12.8 Å². The SMILES string of the molecule is C[C@H]1C[C@H](CNS(C)(=O)=O)N1C(=O)[C@@H]1C[C@H]1c1ccccc1-c1c(F)cccc1F. The Bertz CT molecular complexity index is 1070. The summed E-state index contributed by atoms with van der Waals surface area (Å²) in [7, 11) is -3.32. The molecule has 0 aromatic heterocycles. The van der Waals surface area contributed by atoms with Crippen LogP contribution in [-0.4, -0.2) is 44.1 Å². The summed E-state index contributed by atoms with van der Waals surface area (Å²) in [5, 5.41) is 0. The number of amides is 1. The Labute approximate surface area is 175 Å². The van der Waals surface area contributed by atoms with Gasteiger partial charge in [0.25, 0.3) is 0 Å². The van der Waals surface area contributed by atoms with Crippen molar-refractivity contribution in [3.8, 4) is 11.1 Å². The predicted octanol–water partition coefficient (Wildman–Crippen LogP) is 3.27. The molecule has 1 heterocycles. The van der Waals surface area contributed by atoms with E-state index in [1.807, 2.05) is 19.1 Å². The van der Waals surface area contributed by atoms with Gasteiger partial charge >= 0.3 is 0 Å². The number of hydrogen-bond donors (Lipinski definition) is 1. The number of rotatable bonds is 6. The first kappa shape index (κ1) is 20.9. The van der Waals surface area contributed by atoms with Crippen LogP contribution in [-0.2, 0) is 14.8 Å². The fourth-order valence-electron chi connectivity index (χ4n) is 4.48. The average molecular weight is 435 g/mol. The van der Waals surface area contributed by atoms with E-state index < -0.39 is 21.7 Å². The molecule has 1 N–H and O–H groups in total. The van der Waals surface area contributed by atoms with E-state index in [2.05, 4.69) is 4.72 Å². The van der Waals surface area contributed by atoms with Crippen LogP contribution in [0.2, 0.25) is 0 Å². The molecule has 2 aromatic rings. The van der Waals surface area contributed by atoms with Crippen LogP contribution >= 0.6 is 0 Å². The molecule has 0 spiro atoms. The normalized spacial score (nSPS) is 25.7. The monoisotopic (exact) mass is 434 g/mol. The quantitative estimate of drug-likeness (QED) is 0.759. The lowest BCUT2D eigenvalue weighted by molar-refractivity contribution is -0.145. The van der Waals surface area contributed by atoms with E-state index in [9.17, 15) is 22.0 Å². The summed E-state index contributed by atoms with van der Waals surface area (Å²) in [4.78, 5) is 14.8. The molecule has 1 amide bonds. The second-order valence-electron chi connectivity index (χ2n) is 8.24. The molecule has 2 fully saturated rings. The number of nitrogens with one attached hydrogen (secondary N) is 1. The summed E-state index contributed by atoms with van der Waals surface area (Å²) in [5.74, 6) is -1.65. The van der Waals surface area contributed by atoms with E-state index in [1.54, 1.807) is 17.0 Å². The standard InChI is InChI=1S/C22H24F2N2O3S/c1-13-10-14(12-25-30(2,28)29)26(13)22(27)18-11-17(18)15-6-3-4-7-16(15)21-19(23)8-5-9-20(21)24/h3-9,13-14,17-18,25H,10-12H2,1-2H3/t13-,14+,17-,18+/m0/s1. The van der Waals surface area contributed by atoms with Crippen molar-refractivity contribution < 1.29 is 22.0 Å². The number of benzene rings is 2. The largest absolute Gasteiger partial charge is 0.335 e. The van der Waals surface area contributed by atoms with Crippen LogP contribution in [0.15, 0.2) is 42.5 Å². The van der Waals surface area contributed by atoms with Gasteiger partial charge in [-0.3, -0.25) is 4.79 Å². The van der Waals surface area contributed by atoms with Gasteiger partial charge in [-0.15, -0.1) is 0 Å². The van der Waals surface area contributed by atoms with Crippen molar-refractivity contribution in [2.45, 2.75) is 37.8 Å². The zero-order valence-corrected chi connectivity index (χ0v) is 17.6. The van der Waals surface area contributed by atoms with E-state index >= 15 is 0 Å². The molecular weight excluding hydrogens is 410 g/mol. The van der Waals surface area contributed by atoms with Crippen LogP contribution in [0, 0.1) is 17.6 Å². The van der Waals surface area contributed by atoms with Gasteiger partial charge in [-0.1, -0.05) is 30.3 Å². The van der Waals surface area contributed by atoms with Gasteiger partial charge in [-0.05, 0) is 48.9 Å². The summed E-state index contributed by atoms with van der Waals surface area (Å²) in [6.45, 7) is 2.14. The average Bonchev–Trinajstić information content (AvgIpc) is 3.45. The minimum Gasteiger partial charge on any atom is -0.335 e. The Balaban J connectivity index is 1.53. The van der Waals surface area contributed by atoms with Crippen LogP contribution in [0.1, 0.15) is 31.2 Å². The summed E-state index contributed by atoms with van der Waals surface area (Å²) < 4.78 is 53.9. The third kappa shape index (κ3) is 3.98. The van der Waals surface area contributed by atoms with Crippen molar-refractivity contribution in [2.24, 2.45) is 5.92 Å². The number of hydrogen-bond acceptors (Lipinski definition) is 3. The predicted molar refractivity (Wildman–Crippen MR) is 110 cm³/mol. The first-order valence-electron chi connectivity index (χ1n) is 9.97. The Morgan fingerprint density at radius 3 is 2.40 bits per heavy atom. The molecular formula is C22H24F2N2O3S. The van der Waals surface area contributed by atoms with Gasteiger partial charge in [0.15, 0.2) is 0 Å². The fraction of sp³-hybridized carbons (Fsp3) is 0.409. The molecule has 2 aliphatic rings. The van der Waals surface area contributed by atoms with E-state index in [4.69, 9.17) is 0 Å². The van der Waals surface area contributed by atoms with Crippen LogP contribution in [0.5, 0.6) is 0 Å². The Hall–Kier alpha value is -2.32. The molecule has 30 heavy (non-hydrogen) atoms. The van der Waals surface area contributed by atoms with Gasteiger partial charge in [0.1, 0.15) is 11.6 Å². The summed E-state index contributed by atoms with van der Waals surface area (Å²) >= 11 is 0. The first-order valence-corrected chi connectivity index (χ1v) is 11.9. The molecule has 0 bridgehead atoms. The van der Waals surface area contributed by atoms with Gasteiger partial charge < -0.3 is 4.90 Å². The maximum absolute atomic E-state index is 14.4. The third-order valence-electron chi connectivity index (χ3n) is 6.02. The minimum absolute atomic E-state index is 0.0251. The van der Waals surface area contributed by atoms with Crippen molar-refractivity contribution in [3.63, 3.8) is 0 Å². The second kappa shape index (κ2) is 7.74. The van der Waals surface area contributed by atoms with E-state index in [0.29, 0.717) is 12.0 Å². The topological polar surface area (TPSA) is 66.5 Å². The number of likely N-dealkylation sites (tertiary alicyclic amines) is 1. The zero-order valence-electron chi connectivity index (χ0n) is 16.8. The maximum Gasteiger partial charge on any atom is 0.226 e. The number of carbonyl (C=O) groups is 1. The Morgan fingerprint density at radius 2 is 1.77 bits per heavy atom. The Kier molecular flexibility index (Phi) is 5.40. The molecule has 1 aliphatic heterocycles. The molecule has 1 saturated heterocycles. The van der Waals surface area contributed by atoms with Crippen molar-refractivity contribution in [1.82, 2.24) is 9.62 Å². The van der Waals surface area contributed by atoms with Gasteiger partial charge in [-0.2, -0.15) is 0 Å². The fourth-order valence-corrected chi connectivity index (χ4v) is 4.97. The lowest BCUT2D eigenvalue weighted by Gasteiger charge is -2.47. The second-order valence-corrected chi connectivity index (χ2v) is 10.1. The smallest absolute Gasteiger partial charge is 0.226 e. The van der Waals surface area contributed by atoms with Crippen LogP contribution < -0.4 is 4.72 Å². The molecule has 5 nitrogen and oxygen atoms in total. The number of nitrogens with zero attached hydrogens (tertiary/aromatic N) is 1. The molecule has 2 aromatic carbocycles. The summed E-state index contributed by atoms with van der Waals surface area (Å²) in [5.41, 5.74) is 1.16. The van der Waals surface area contributed by atoms with Gasteiger partial charge in [0.05, 0.1) is 11.8 Å². The van der Waals surface area contributed by atoms with E-state index in [1.165, 1.54) is 18.2 Å². The molecule has 0 radical (unpaired) electrons. The lowest BCUT2D eigenvalue weighted by atomic mass is 9.92. The van der Waals surface area contributed by atoms with Gasteiger partial charge in [0, 0.05) is 24.5 Å².